The lowest BCUT2D eigenvalue weighted by atomic mass is 9.80. The van der Waals surface area contributed by atoms with Crippen molar-refractivity contribution in [3.05, 3.63) is 77.4 Å². The molecule has 1 aliphatic heterocycles. The van der Waals surface area contributed by atoms with Crippen LogP contribution in [-0.2, 0) is 11.3 Å². The number of carboxylic acid groups (broad SMARTS) is 1. The molecule has 2 aromatic carbocycles. The van der Waals surface area contributed by atoms with Crippen molar-refractivity contribution in [2.24, 2.45) is 5.92 Å². The van der Waals surface area contributed by atoms with E-state index in [-0.39, 0.29) is 5.92 Å². The van der Waals surface area contributed by atoms with Gasteiger partial charge in [-0.15, -0.1) is 0 Å². The number of carboxylic acids is 1. The van der Waals surface area contributed by atoms with Crippen molar-refractivity contribution in [1.82, 2.24) is 4.98 Å². The molecule has 6 nitrogen and oxygen atoms in total. The number of ether oxygens (including phenoxy) is 2. The molecule has 0 spiro atoms. The highest BCUT2D eigenvalue weighted by molar-refractivity contribution is 5.73. The highest BCUT2D eigenvalue weighted by Crippen LogP contribution is 2.46. The Labute approximate surface area is 169 Å². The fourth-order valence-electron chi connectivity index (χ4n) is 3.59. The number of carbonyl (C=O) groups is 1. The van der Waals surface area contributed by atoms with Crippen LogP contribution in [0.25, 0.3) is 0 Å². The summed E-state index contributed by atoms with van der Waals surface area (Å²) < 4.78 is 11.2. The van der Waals surface area contributed by atoms with Gasteiger partial charge < -0.3 is 19.9 Å². The van der Waals surface area contributed by atoms with E-state index in [0.29, 0.717) is 24.0 Å². The van der Waals surface area contributed by atoms with Crippen LogP contribution in [-0.4, -0.2) is 23.2 Å². The van der Waals surface area contributed by atoms with Crippen LogP contribution >= 0.6 is 0 Å². The Morgan fingerprint density at radius 3 is 2.62 bits per heavy atom. The summed E-state index contributed by atoms with van der Waals surface area (Å²) in [5.41, 5.74) is 2.75. The smallest absolute Gasteiger partial charge is 0.307 e. The molecular formula is C23H22N2O4. The maximum atomic E-state index is 11.7. The number of aromatic nitrogens is 1. The van der Waals surface area contributed by atoms with Gasteiger partial charge in [0, 0.05) is 23.6 Å². The number of para-hydroxylation sites is 1. The zero-order valence-corrected chi connectivity index (χ0v) is 16.3. The van der Waals surface area contributed by atoms with E-state index in [0.717, 1.165) is 22.4 Å². The second kappa shape index (κ2) is 7.83. The number of nitrogens with one attached hydrogen (secondary N) is 1. The zero-order valence-electron chi connectivity index (χ0n) is 16.3. The molecule has 4 rings (SSSR count). The molecule has 148 valence electrons. The first kappa shape index (κ1) is 18.8. The molecule has 6 heteroatoms. The van der Waals surface area contributed by atoms with Gasteiger partial charge in [-0.2, -0.15) is 4.98 Å². The van der Waals surface area contributed by atoms with Crippen LogP contribution < -0.4 is 14.8 Å². The third kappa shape index (κ3) is 3.74. The normalized spacial score (nSPS) is 15.4. The second-order valence-corrected chi connectivity index (χ2v) is 7.04. The van der Waals surface area contributed by atoms with Gasteiger partial charge in [0.25, 0.3) is 0 Å². The molecule has 1 unspecified atom stereocenters. The average molecular weight is 390 g/mol. The van der Waals surface area contributed by atoms with Crippen LogP contribution in [0.5, 0.6) is 17.4 Å². The molecule has 1 aliphatic rings. The average Bonchev–Trinajstić information content (AvgIpc) is 2.75. The molecule has 3 aromatic rings. The Kier molecular flexibility index (Phi) is 5.08. The lowest BCUT2D eigenvalue weighted by Gasteiger charge is -2.30. The number of rotatable bonds is 6. The molecule has 0 bridgehead atoms. The SMILES string of the molecule is COc1ccc(CNc2ccc3c(n2)Oc2ccccc2[C@H]3C(C)C(=O)O)cc1. The zero-order chi connectivity index (χ0) is 20.4. The first-order valence-electron chi connectivity index (χ1n) is 9.44. The molecule has 0 amide bonds. The van der Waals surface area contributed by atoms with Crippen molar-refractivity contribution in [2.45, 2.75) is 19.4 Å². The quantitative estimate of drug-likeness (QED) is 0.637. The summed E-state index contributed by atoms with van der Waals surface area (Å²) in [6.07, 6.45) is 0. The third-order valence-corrected chi connectivity index (χ3v) is 5.21. The van der Waals surface area contributed by atoms with Crippen molar-refractivity contribution in [3.63, 3.8) is 0 Å². The van der Waals surface area contributed by atoms with Crippen LogP contribution in [0.15, 0.2) is 60.7 Å². The minimum absolute atomic E-state index is 0.310. The number of aliphatic carboxylic acids is 1. The molecule has 1 aromatic heterocycles. The Balaban J connectivity index is 1.60. The lowest BCUT2D eigenvalue weighted by Crippen LogP contribution is -2.23. The number of fused-ring (bicyclic) bond motifs is 2. The molecule has 2 atom stereocenters. The lowest BCUT2D eigenvalue weighted by molar-refractivity contribution is -0.141. The van der Waals surface area contributed by atoms with Crippen molar-refractivity contribution in [1.29, 1.82) is 0 Å². The number of methoxy groups -OCH3 is 1. The van der Waals surface area contributed by atoms with Gasteiger partial charge in [0.1, 0.15) is 17.3 Å². The fraction of sp³-hybridized carbons (Fsp3) is 0.217. The Morgan fingerprint density at radius 2 is 1.90 bits per heavy atom. The molecule has 0 saturated carbocycles. The minimum Gasteiger partial charge on any atom is -0.497 e. The largest absolute Gasteiger partial charge is 0.497 e. The van der Waals surface area contributed by atoms with Gasteiger partial charge in [0.05, 0.1) is 13.0 Å². The summed E-state index contributed by atoms with van der Waals surface area (Å²) >= 11 is 0. The summed E-state index contributed by atoms with van der Waals surface area (Å²) in [5, 5.41) is 12.9. The monoisotopic (exact) mass is 390 g/mol. The predicted molar refractivity (Wildman–Crippen MR) is 110 cm³/mol. The topological polar surface area (TPSA) is 80.7 Å². The molecule has 0 radical (unpaired) electrons. The minimum atomic E-state index is -0.848. The molecule has 0 fully saturated rings. The number of hydrogen-bond acceptors (Lipinski definition) is 5. The van der Waals surface area contributed by atoms with Crippen LogP contribution in [0.4, 0.5) is 5.82 Å². The van der Waals surface area contributed by atoms with E-state index in [4.69, 9.17) is 9.47 Å². The van der Waals surface area contributed by atoms with Gasteiger partial charge in [-0.25, -0.2) is 0 Å². The molecule has 29 heavy (non-hydrogen) atoms. The second-order valence-electron chi connectivity index (χ2n) is 7.04. The van der Waals surface area contributed by atoms with Gasteiger partial charge in [-0.3, -0.25) is 4.79 Å². The van der Waals surface area contributed by atoms with E-state index in [2.05, 4.69) is 10.3 Å². The van der Waals surface area contributed by atoms with Gasteiger partial charge in [-0.05, 0) is 35.9 Å². The van der Waals surface area contributed by atoms with Gasteiger partial charge in [0.2, 0.25) is 5.88 Å². The maximum Gasteiger partial charge on any atom is 0.307 e. The number of benzene rings is 2. The van der Waals surface area contributed by atoms with E-state index >= 15 is 0 Å². The van der Waals surface area contributed by atoms with Crippen molar-refractivity contribution < 1.29 is 19.4 Å². The fourth-order valence-corrected chi connectivity index (χ4v) is 3.59. The third-order valence-electron chi connectivity index (χ3n) is 5.21. The Bertz CT molecular complexity index is 1030. The van der Waals surface area contributed by atoms with Gasteiger partial charge >= 0.3 is 5.97 Å². The molecular weight excluding hydrogens is 368 g/mol. The summed E-state index contributed by atoms with van der Waals surface area (Å²) in [5.74, 6) is 0.820. The van der Waals surface area contributed by atoms with Crippen LogP contribution in [0.2, 0.25) is 0 Å². The van der Waals surface area contributed by atoms with Crippen molar-refractivity contribution in [3.8, 4) is 17.4 Å². The summed E-state index contributed by atoms with van der Waals surface area (Å²) in [4.78, 5) is 16.3. The summed E-state index contributed by atoms with van der Waals surface area (Å²) in [6.45, 7) is 2.32. The van der Waals surface area contributed by atoms with Crippen LogP contribution in [0.3, 0.4) is 0 Å². The first-order valence-corrected chi connectivity index (χ1v) is 9.44. The number of hydrogen-bond donors (Lipinski definition) is 2. The van der Waals surface area contributed by atoms with E-state index < -0.39 is 11.9 Å². The highest BCUT2D eigenvalue weighted by atomic mass is 16.5. The van der Waals surface area contributed by atoms with Crippen molar-refractivity contribution in [2.75, 3.05) is 12.4 Å². The first-order chi connectivity index (χ1) is 14.1. The van der Waals surface area contributed by atoms with Crippen LogP contribution in [0, 0.1) is 5.92 Å². The van der Waals surface area contributed by atoms with Crippen LogP contribution in [0.1, 0.15) is 29.5 Å². The highest BCUT2D eigenvalue weighted by Gasteiger charge is 2.35. The Morgan fingerprint density at radius 1 is 1.14 bits per heavy atom. The summed E-state index contributed by atoms with van der Waals surface area (Å²) in [6, 6.07) is 19.1. The number of nitrogens with zero attached hydrogens (tertiary/aromatic N) is 1. The van der Waals surface area contributed by atoms with E-state index in [1.165, 1.54) is 0 Å². The van der Waals surface area contributed by atoms with E-state index in [1.807, 2.05) is 60.7 Å². The number of pyridine rings is 1. The number of anilines is 1. The van der Waals surface area contributed by atoms with E-state index in [1.54, 1.807) is 14.0 Å². The van der Waals surface area contributed by atoms with E-state index in [9.17, 15) is 9.90 Å². The molecule has 0 aliphatic carbocycles. The summed E-state index contributed by atoms with van der Waals surface area (Å²) in [7, 11) is 1.64. The predicted octanol–water partition coefficient (Wildman–Crippen LogP) is 4.66. The standard InChI is InChI=1S/C23H22N2O4/c1-14(23(26)27)21-17-5-3-4-6-19(17)29-22-18(21)11-12-20(25-22)24-13-15-7-9-16(28-2)10-8-15/h3-12,14,21H,13H2,1-2H3,(H,24,25)(H,26,27)/t14?,21-/m1/s1. The molecule has 2 N–H and O–H groups in total. The van der Waals surface area contributed by atoms with Gasteiger partial charge in [0.15, 0.2) is 0 Å². The van der Waals surface area contributed by atoms with Gasteiger partial charge in [-0.1, -0.05) is 37.3 Å². The maximum absolute atomic E-state index is 11.7. The molecule has 2 heterocycles. The molecule has 0 saturated heterocycles. The van der Waals surface area contributed by atoms with Crippen molar-refractivity contribution >= 4 is 11.8 Å². The Hall–Kier alpha value is -3.54.